The zero-order valence-electron chi connectivity index (χ0n) is 81.9. The Bertz CT molecular complexity index is 4620. The molecule has 3 aromatic heterocycles. The van der Waals surface area contributed by atoms with E-state index in [-0.39, 0.29) is 93.2 Å². The molecule has 128 heavy (non-hydrogen) atoms. The number of fused-ring (bicyclic) bond motifs is 20. The van der Waals surface area contributed by atoms with Crippen molar-refractivity contribution in [1.82, 2.24) is 49.7 Å². The zero-order chi connectivity index (χ0) is 94.0. The van der Waals surface area contributed by atoms with Gasteiger partial charge in [-0.3, -0.25) is 0 Å². The van der Waals surface area contributed by atoms with Crippen LogP contribution in [0.1, 0.15) is 218 Å². The molecule has 0 fully saturated rings. The van der Waals surface area contributed by atoms with Gasteiger partial charge in [0.15, 0.2) is 0 Å². The summed E-state index contributed by atoms with van der Waals surface area (Å²) in [6.45, 7) is 66.0. The number of thioether (sulfide) groups is 4. The van der Waals surface area contributed by atoms with Crippen LogP contribution in [0.25, 0.3) is 89.7 Å². The average Bonchev–Trinajstić information content (AvgIpc) is 1.56. The molecule has 0 N–H and O–H groups in total. The van der Waals surface area contributed by atoms with E-state index in [2.05, 4.69) is 190 Å². The Morgan fingerprint density at radius 2 is 0.508 bits per heavy atom. The Morgan fingerprint density at radius 1 is 0.305 bits per heavy atom. The number of ether oxygens (including phenoxy) is 8. The Kier molecular flexibility index (Phi) is 44.6. The van der Waals surface area contributed by atoms with Crippen LogP contribution in [-0.2, 0) is 21.0 Å². The van der Waals surface area contributed by atoms with Crippen LogP contribution in [0.3, 0.4) is 0 Å². The van der Waals surface area contributed by atoms with Crippen molar-refractivity contribution in [3.63, 3.8) is 0 Å². The third kappa shape index (κ3) is 28.3. The standard InChI is InChI=1S/C98H150Cl4N12O8S4.O.V/c1-27-111(28-2)43-55-123-87-75(99)79(115-47-35-59(9)10)67-71(83(87)119-51-39-63(17)18)95-103-91(67)107-97-74-70(82(118-50-38-62(15)16)78(102)90(86(74)122-54-42-66(23)24)126-58-46-114(26,33-7)34-8)94(110-97)106-96-72-68(80(116-48-36-60(11)12)76(100)88(84(72)120-52-40-64(19)20)124-56-44-112(29-3)30-4)92(104-96)108-98-73-69(93(105-95)109-98)81(117-49-37-61(13)14)77(101)89(85(73)121-53-41-65(21)22)125-57-45-113(25,31-5)32-6;;/h59-66H,27-58H2,1-26H3;;/q;;+2. The molecule has 0 radical (unpaired) electrons. The van der Waals surface area contributed by atoms with Crippen LogP contribution in [0.15, 0.2) is 19.6 Å². The molecule has 0 saturated carbocycles. The van der Waals surface area contributed by atoms with Gasteiger partial charge in [0.1, 0.15) is 66.1 Å². The molecule has 0 unspecified atom stereocenters. The van der Waals surface area contributed by atoms with Crippen molar-refractivity contribution in [2.75, 3.05) is 168 Å². The van der Waals surface area contributed by atoms with E-state index in [0.717, 1.165) is 131 Å². The van der Waals surface area contributed by atoms with Gasteiger partial charge in [-0.05, 0) is 153 Å². The topological polar surface area (TPSA) is 203 Å². The fraction of sp³-hybridized carbons (Fsp3) is 0.673. The van der Waals surface area contributed by atoms with Crippen LogP contribution < -0.4 is 47.9 Å². The summed E-state index contributed by atoms with van der Waals surface area (Å²) in [6, 6.07) is 0. The van der Waals surface area contributed by atoms with Gasteiger partial charge in [0, 0.05) is 80.2 Å². The molecule has 4 aromatic carbocycles. The maximum absolute atomic E-state index is 8.29. The third-order valence-electron chi connectivity index (χ3n) is 24.2. The number of halogens is 4. The quantitative estimate of drug-likeness (QED) is 0.0257. The SMILES string of the molecule is CCN(CC)CCSc1c(Cl)c(OCCC(C)C)c2c3nc4nc(nc5[n-]c(nc6nc(nc([n-]3)c2c1OCCC(C)C)-c1c(OCCC(C)C)c(Cl)c(SCC[N+](C)(CC)CC)c(OCCC(C)C)c1-6)c1c(OCCC(C)C)c(Cl)c(SCCN(CC)CC)c(OCCC(C)C)c51)-c1c(OCCC(C)C)c(Cl)c(SCC[N+](C)(CC)CC)c(OCCC(C)C)c1-4.[O]=[V+2]. The van der Waals surface area contributed by atoms with Gasteiger partial charge in [-0.15, -0.1) is 47.0 Å². The van der Waals surface area contributed by atoms with E-state index in [0.29, 0.717) is 231 Å². The first-order valence-corrected chi connectivity index (χ1v) is 53.3. The van der Waals surface area contributed by atoms with Gasteiger partial charge >= 0.3 is 21.0 Å². The molecule has 2 aliphatic rings. The van der Waals surface area contributed by atoms with Crippen molar-refractivity contribution in [1.29, 1.82) is 0 Å². The summed E-state index contributed by atoms with van der Waals surface area (Å²) in [5, 5.41) is 3.41. The van der Waals surface area contributed by atoms with Crippen LogP contribution in [0.2, 0.25) is 20.1 Å². The fourth-order valence-corrected chi connectivity index (χ4v) is 20.7. The molecule has 30 heteroatoms. The van der Waals surface area contributed by atoms with Crippen molar-refractivity contribution >= 4 is 138 Å². The second kappa shape index (κ2) is 52.5. The number of hydrogen-bond donors (Lipinski definition) is 0. The van der Waals surface area contributed by atoms with Crippen LogP contribution >= 0.6 is 93.5 Å². The summed E-state index contributed by atoms with van der Waals surface area (Å²) in [5.41, 5.74) is 2.73. The molecule has 8 bridgehead atoms. The first kappa shape index (κ1) is 109. The predicted molar refractivity (Wildman–Crippen MR) is 537 cm³/mol. The molecule has 0 saturated heterocycles. The number of benzene rings is 4. The van der Waals surface area contributed by atoms with Crippen LogP contribution in [0, 0.1) is 47.3 Å². The van der Waals surface area contributed by atoms with E-state index < -0.39 is 0 Å². The van der Waals surface area contributed by atoms with Gasteiger partial charge in [0.05, 0.1) is 171 Å². The van der Waals surface area contributed by atoms with E-state index in [4.69, 9.17) is 128 Å². The molecular formula is C98H150Cl4N12O9S4V+2. The Morgan fingerprint density at radius 3 is 0.750 bits per heavy atom. The molecule has 711 valence electrons. The summed E-state index contributed by atoms with van der Waals surface area (Å²) in [5.74, 6) is 9.11. The first-order chi connectivity index (χ1) is 61.1. The van der Waals surface area contributed by atoms with E-state index in [1.54, 1.807) is 47.0 Å². The number of aromatic nitrogens is 8. The third-order valence-corrected chi connectivity index (χ3v) is 30.3. The summed E-state index contributed by atoms with van der Waals surface area (Å²) < 4.78 is 69.0. The molecular weight excluding hydrogens is 1810 g/mol. The Balaban J connectivity index is 0.0000101. The Labute approximate surface area is 813 Å². The van der Waals surface area contributed by atoms with Gasteiger partial charge in [-0.1, -0.05) is 185 Å². The summed E-state index contributed by atoms with van der Waals surface area (Å²) in [4.78, 5) is 54.7. The van der Waals surface area contributed by atoms with E-state index in [1.165, 1.54) is 0 Å². The molecule has 0 atom stereocenters. The van der Waals surface area contributed by atoms with Crippen LogP contribution in [-0.4, -0.2) is 217 Å². The molecule has 21 nitrogen and oxygen atoms in total. The molecule has 5 heterocycles. The minimum atomic E-state index is 0.188. The number of quaternary nitrogens is 2. The van der Waals surface area contributed by atoms with Crippen molar-refractivity contribution in [3.05, 3.63) is 20.1 Å². The zero-order valence-corrected chi connectivity index (χ0v) is 89.6. The van der Waals surface area contributed by atoms with E-state index in [9.17, 15) is 0 Å². The normalized spacial score (nSPS) is 12.5. The molecule has 0 spiro atoms. The molecule has 7 aromatic rings. The predicted octanol–water partition coefficient (Wildman–Crippen LogP) is 26.0. The summed E-state index contributed by atoms with van der Waals surface area (Å²) in [6.07, 6.45) is 5.70. The van der Waals surface area contributed by atoms with Crippen molar-refractivity contribution in [2.45, 2.75) is 237 Å². The molecule has 0 aliphatic carbocycles. The fourth-order valence-electron chi connectivity index (χ4n) is 14.4. The number of hydrogen-bond acceptors (Lipinski definition) is 21. The van der Waals surface area contributed by atoms with Gasteiger partial charge in [0.2, 0.25) is 0 Å². The molecule has 2 aliphatic heterocycles. The summed E-state index contributed by atoms with van der Waals surface area (Å²) in [7, 11) is 4.61. The second-order valence-electron chi connectivity index (χ2n) is 37.3. The number of rotatable bonds is 56. The second-order valence-corrected chi connectivity index (χ2v) is 43.3. The van der Waals surface area contributed by atoms with Crippen LogP contribution in [0.4, 0.5) is 0 Å². The minimum absolute atomic E-state index is 0.188. The molecule has 9 rings (SSSR count). The molecule has 0 amide bonds. The first-order valence-electron chi connectivity index (χ1n) is 47.3. The Hall–Kier alpha value is -4.58. The van der Waals surface area contributed by atoms with E-state index in [1.807, 2.05) is 0 Å². The van der Waals surface area contributed by atoms with Gasteiger partial charge in [-0.2, -0.15) is 0 Å². The van der Waals surface area contributed by atoms with Gasteiger partial charge < -0.3 is 86.6 Å². The van der Waals surface area contributed by atoms with Crippen molar-refractivity contribution in [3.8, 4) is 91.5 Å². The van der Waals surface area contributed by atoms with Gasteiger partial charge in [0.25, 0.3) is 0 Å². The van der Waals surface area contributed by atoms with Crippen molar-refractivity contribution < 1.29 is 67.9 Å². The van der Waals surface area contributed by atoms with Crippen molar-refractivity contribution in [2.24, 2.45) is 47.3 Å². The van der Waals surface area contributed by atoms with Gasteiger partial charge in [-0.25, -0.2) is 9.97 Å². The van der Waals surface area contributed by atoms with Crippen LogP contribution in [0.5, 0.6) is 46.0 Å². The average molecular weight is 1960 g/mol. The monoisotopic (exact) mass is 1960 g/mol. The van der Waals surface area contributed by atoms with E-state index >= 15 is 0 Å². The maximum atomic E-state index is 8.29. The number of nitrogens with zero attached hydrogens (tertiary/aromatic N) is 12. The summed E-state index contributed by atoms with van der Waals surface area (Å²) >= 11 is 40.7.